The summed E-state index contributed by atoms with van der Waals surface area (Å²) in [6.07, 6.45) is 0. The van der Waals surface area contributed by atoms with Crippen LogP contribution in [0.2, 0.25) is 0 Å². The van der Waals surface area contributed by atoms with Crippen molar-refractivity contribution in [3.8, 4) is 5.75 Å². The molecule has 0 fully saturated rings. The van der Waals surface area contributed by atoms with Gasteiger partial charge in [-0.05, 0) is 31.2 Å². The van der Waals surface area contributed by atoms with E-state index in [9.17, 15) is 0 Å². The molecule has 2 aromatic rings. The van der Waals surface area contributed by atoms with Crippen LogP contribution < -0.4 is 10.5 Å². The van der Waals surface area contributed by atoms with Crippen LogP contribution in [-0.2, 0) is 0 Å². The van der Waals surface area contributed by atoms with Crippen molar-refractivity contribution in [2.75, 3.05) is 13.2 Å². The molecule has 0 aliphatic rings. The van der Waals surface area contributed by atoms with Gasteiger partial charge in [0.25, 0.3) is 0 Å². The summed E-state index contributed by atoms with van der Waals surface area (Å²) in [6.45, 7) is 3.06. The van der Waals surface area contributed by atoms with Crippen LogP contribution in [0, 0.1) is 6.92 Å². The Hall–Kier alpha value is -1.61. The molecule has 1 aromatic heterocycles. The largest absolute Gasteiger partial charge is 0.492 e. The van der Waals surface area contributed by atoms with E-state index < -0.39 is 0 Å². The van der Waals surface area contributed by atoms with Crippen molar-refractivity contribution in [1.29, 1.82) is 0 Å². The highest BCUT2D eigenvalue weighted by Crippen LogP contribution is 2.19. The number of rotatable bonds is 3. The Morgan fingerprint density at radius 2 is 2.13 bits per heavy atom. The van der Waals surface area contributed by atoms with Crippen molar-refractivity contribution in [2.45, 2.75) is 6.92 Å². The summed E-state index contributed by atoms with van der Waals surface area (Å²) in [7, 11) is 0. The van der Waals surface area contributed by atoms with Crippen molar-refractivity contribution in [2.24, 2.45) is 5.73 Å². The Kier molecular flexibility index (Phi) is 2.83. The first-order valence-corrected chi connectivity index (χ1v) is 5.00. The van der Waals surface area contributed by atoms with Gasteiger partial charge in [0.1, 0.15) is 12.4 Å². The second-order valence-electron chi connectivity index (χ2n) is 3.44. The first-order valence-electron chi connectivity index (χ1n) is 5.00. The van der Waals surface area contributed by atoms with E-state index in [-0.39, 0.29) is 0 Å². The minimum atomic E-state index is 0.532. The maximum absolute atomic E-state index is 5.44. The van der Waals surface area contributed by atoms with E-state index in [2.05, 4.69) is 4.98 Å². The number of hydrogen-bond acceptors (Lipinski definition) is 3. The summed E-state index contributed by atoms with van der Waals surface area (Å²) in [5, 5.41) is 1.09. The molecular formula is C12H14N2O. The molecule has 1 aromatic carbocycles. The second kappa shape index (κ2) is 4.28. The molecule has 0 radical (unpaired) electrons. The monoisotopic (exact) mass is 202 g/mol. The van der Waals surface area contributed by atoms with E-state index in [1.807, 2.05) is 37.3 Å². The summed E-state index contributed by atoms with van der Waals surface area (Å²) in [6, 6.07) is 9.91. The van der Waals surface area contributed by atoms with E-state index >= 15 is 0 Å². The number of nitrogens with zero attached hydrogens (tertiary/aromatic N) is 1. The van der Waals surface area contributed by atoms with Gasteiger partial charge in [-0.1, -0.05) is 6.07 Å². The number of pyridine rings is 1. The van der Waals surface area contributed by atoms with Gasteiger partial charge in [0, 0.05) is 17.6 Å². The standard InChI is InChI=1S/C12H14N2O/c1-9-2-3-10-8-11(15-7-6-13)4-5-12(10)14-9/h2-5,8H,6-7,13H2,1H3. The third-order valence-electron chi connectivity index (χ3n) is 2.19. The molecule has 0 atom stereocenters. The fourth-order valence-electron chi connectivity index (χ4n) is 1.47. The molecule has 0 saturated heterocycles. The van der Waals surface area contributed by atoms with Gasteiger partial charge in [-0.3, -0.25) is 4.98 Å². The molecule has 3 heteroatoms. The van der Waals surface area contributed by atoms with Crippen LogP contribution in [0.5, 0.6) is 5.75 Å². The Bertz CT molecular complexity index is 468. The Labute approximate surface area is 88.9 Å². The lowest BCUT2D eigenvalue weighted by atomic mass is 10.2. The number of hydrogen-bond donors (Lipinski definition) is 1. The maximum atomic E-state index is 5.44. The highest BCUT2D eigenvalue weighted by molar-refractivity contribution is 5.80. The minimum absolute atomic E-state index is 0.532. The topological polar surface area (TPSA) is 48.1 Å². The molecule has 0 bridgehead atoms. The molecule has 2 rings (SSSR count). The predicted octanol–water partition coefficient (Wildman–Crippen LogP) is 1.88. The summed E-state index contributed by atoms with van der Waals surface area (Å²) >= 11 is 0. The lowest BCUT2D eigenvalue weighted by molar-refractivity contribution is 0.329. The van der Waals surface area contributed by atoms with Crippen LogP contribution in [0.4, 0.5) is 0 Å². The first-order chi connectivity index (χ1) is 7.29. The van der Waals surface area contributed by atoms with Gasteiger partial charge in [-0.2, -0.15) is 0 Å². The fourth-order valence-corrected chi connectivity index (χ4v) is 1.47. The smallest absolute Gasteiger partial charge is 0.120 e. The molecule has 0 amide bonds. The molecule has 78 valence electrons. The number of aryl methyl sites for hydroxylation is 1. The number of aromatic nitrogens is 1. The lowest BCUT2D eigenvalue weighted by Gasteiger charge is -2.05. The number of fused-ring (bicyclic) bond motifs is 1. The second-order valence-corrected chi connectivity index (χ2v) is 3.44. The van der Waals surface area contributed by atoms with E-state index in [1.165, 1.54) is 0 Å². The third-order valence-corrected chi connectivity index (χ3v) is 2.19. The molecule has 3 nitrogen and oxygen atoms in total. The summed E-state index contributed by atoms with van der Waals surface area (Å²) in [5.41, 5.74) is 7.39. The van der Waals surface area contributed by atoms with Gasteiger partial charge in [-0.25, -0.2) is 0 Å². The minimum Gasteiger partial charge on any atom is -0.492 e. The third kappa shape index (κ3) is 2.25. The van der Waals surface area contributed by atoms with Gasteiger partial charge in [0.05, 0.1) is 5.52 Å². The summed E-state index contributed by atoms with van der Waals surface area (Å²) in [4.78, 5) is 4.42. The van der Waals surface area contributed by atoms with E-state index in [1.54, 1.807) is 0 Å². The van der Waals surface area contributed by atoms with Crippen molar-refractivity contribution in [3.05, 3.63) is 36.0 Å². The van der Waals surface area contributed by atoms with Crippen LogP contribution in [0.15, 0.2) is 30.3 Å². The quantitative estimate of drug-likeness (QED) is 0.826. The van der Waals surface area contributed by atoms with Gasteiger partial charge in [0.15, 0.2) is 0 Å². The Morgan fingerprint density at radius 3 is 2.93 bits per heavy atom. The molecule has 2 N–H and O–H groups in total. The van der Waals surface area contributed by atoms with Gasteiger partial charge >= 0.3 is 0 Å². The van der Waals surface area contributed by atoms with Gasteiger partial charge in [-0.15, -0.1) is 0 Å². The molecule has 15 heavy (non-hydrogen) atoms. The highest BCUT2D eigenvalue weighted by atomic mass is 16.5. The summed E-state index contributed by atoms with van der Waals surface area (Å²) < 4.78 is 5.44. The fraction of sp³-hybridized carbons (Fsp3) is 0.250. The molecule has 0 saturated carbocycles. The van der Waals surface area contributed by atoms with E-state index in [4.69, 9.17) is 10.5 Å². The van der Waals surface area contributed by atoms with Crippen LogP contribution >= 0.6 is 0 Å². The average molecular weight is 202 g/mol. The number of benzene rings is 1. The molecule has 0 aliphatic carbocycles. The van der Waals surface area contributed by atoms with E-state index in [0.29, 0.717) is 13.2 Å². The van der Waals surface area contributed by atoms with Crippen LogP contribution in [0.3, 0.4) is 0 Å². The van der Waals surface area contributed by atoms with Gasteiger partial charge < -0.3 is 10.5 Å². The van der Waals surface area contributed by atoms with Crippen molar-refractivity contribution < 1.29 is 4.74 Å². The first kappa shape index (κ1) is 9.93. The van der Waals surface area contributed by atoms with Crippen molar-refractivity contribution >= 4 is 10.9 Å². The summed E-state index contributed by atoms with van der Waals surface area (Å²) in [5.74, 6) is 0.846. The van der Waals surface area contributed by atoms with Crippen LogP contribution in [0.25, 0.3) is 10.9 Å². The lowest BCUT2D eigenvalue weighted by Crippen LogP contribution is -2.10. The molecule has 0 spiro atoms. The zero-order valence-corrected chi connectivity index (χ0v) is 8.73. The zero-order valence-electron chi connectivity index (χ0n) is 8.73. The van der Waals surface area contributed by atoms with Crippen LogP contribution in [0.1, 0.15) is 5.69 Å². The normalized spacial score (nSPS) is 10.5. The van der Waals surface area contributed by atoms with Crippen molar-refractivity contribution in [3.63, 3.8) is 0 Å². The molecular weight excluding hydrogens is 188 g/mol. The zero-order chi connectivity index (χ0) is 10.7. The average Bonchev–Trinajstić information content (AvgIpc) is 2.26. The maximum Gasteiger partial charge on any atom is 0.120 e. The number of ether oxygens (including phenoxy) is 1. The highest BCUT2D eigenvalue weighted by Gasteiger charge is 1.98. The molecule has 0 unspecified atom stereocenters. The van der Waals surface area contributed by atoms with Crippen LogP contribution in [-0.4, -0.2) is 18.1 Å². The molecule has 1 heterocycles. The SMILES string of the molecule is Cc1ccc2cc(OCCN)ccc2n1. The van der Waals surface area contributed by atoms with Crippen molar-refractivity contribution in [1.82, 2.24) is 4.98 Å². The Morgan fingerprint density at radius 1 is 1.27 bits per heavy atom. The Balaban J connectivity index is 2.34. The van der Waals surface area contributed by atoms with E-state index in [0.717, 1.165) is 22.3 Å². The molecule has 0 aliphatic heterocycles. The predicted molar refractivity (Wildman–Crippen MR) is 61.0 cm³/mol. The van der Waals surface area contributed by atoms with Gasteiger partial charge in [0.2, 0.25) is 0 Å². The number of nitrogens with two attached hydrogens (primary N) is 1.